The van der Waals surface area contributed by atoms with Crippen molar-refractivity contribution in [2.24, 2.45) is 0 Å². The van der Waals surface area contributed by atoms with Gasteiger partial charge in [-0.05, 0) is 31.7 Å². The van der Waals surface area contributed by atoms with E-state index in [4.69, 9.17) is 9.84 Å². The Bertz CT molecular complexity index is 641. The summed E-state index contributed by atoms with van der Waals surface area (Å²) in [6.45, 7) is 3.36. The van der Waals surface area contributed by atoms with Crippen LogP contribution in [0.15, 0.2) is 23.1 Å². The molecule has 2 rings (SSSR count). The van der Waals surface area contributed by atoms with Crippen molar-refractivity contribution in [3.63, 3.8) is 0 Å². The molecule has 0 radical (unpaired) electrons. The average molecular weight is 313 g/mol. The molecule has 1 unspecified atom stereocenters. The van der Waals surface area contributed by atoms with Crippen LogP contribution in [0.5, 0.6) is 0 Å². The highest BCUT2D eigenvalue weighted by Crippen LogP contribution is 2.22. The maximum absolute atomic E-state index is 12.5. The van der Waals surface area contributed by atoms with Gasteiger partial charge in [-0.1, -0.05) is 6.07 Å². The van der Waals surface area contributed by atoms with E-state index in [1.165, 1.54) is 25.1 Å². The third kappa shape index (κ3) is 3.61. The summed E-state index contributed by atoms with van der Waals surface area (Å²) in [4.78, 5) is 13.2. The minimum absolute atomic E-state index is 0.0118. The number of sulfone groups is 1. The van der Waals surface area contributed by atoms with Crippen molar-refractivity contribution in [3.8, 4) is 0 Å². The standard InChI is InChI=1S/C14H19NO5S/c1-10-12(14(16)17)4-3-5-13(10)21(18,19)9-11-8-15(2)6-7-20-11/h3-5,11H,6-9H2,1-2H3,(H,16,17). The highest BCUT2D eigenvalue weighted by Gasteiger charge is 2.27. The molecule has 21 heavy (non-hydrogen) atoms. The summed E-state index contributed by atoms with van der Waals surface area (Å²) in [5, 5.41) is 9.09. The molecule has 1 heterocycles. The fourth-order valence-electron chi connectivity index (χ4n) is 2.49. The van der Waals surface area contributed by atoms with Crippen LogP contribution < -0.4 is 0 Å². The molecule has 1 atom stereocenters. The van der Waals surface area contributed by atoms with Crippen molar-refractivity contribution in [2.75, 3.05) is 32.5 Å². The van der Waals surface area contributed by atoms with Crippen LogP contribution in [0.4, 0.5) is 0 Å². The van der Waals surface area contributed by atoms with Crippen LogP contribution in [0.1, 0.15) is 15.9 Å². The Labute approximate surface area is 124 Å². The van der Waals surface area contributed by atoms with Crippen LogP contribution in [0.3, 0.4) is 0 Å². The second-order valence-electron chi connectivity index (χ2n) is 5.27. The zero-order valence-corrected chi connectivity index (χ0v) is 12.9. The summed E-state index contributed by atoms with van der Waals surface area (Å²) in [5.74, 6) is -1.26. The molecule has 0 saturated carbocycles. The molecule has 6 nitrogen and oxygen atoms in total. The SMILES string of the molecule is Cc1c(C(=O)O)cccc1S(=O)(=O)CC1CN(C)CCO1. The normalized spacial score (nSPS) is 20.4. The van der Waals surface area contributed by atoms with Gasteiger partial charge in [0, 0.05) is 13.1 Å². The van der Waals surface area contributed by atoms with Gasteiger partial charge in [0.15, 0.2) is 9.84 Å². The molecule has 1 aromatic carbocycles. The topological polar surface area (TPSA) is 83.9 Å². The lowest BCUT2D eigenvalue weighted by Gasteiger charge is -2.29. The van der Waals surface area contributed by atoms with Crippen molar-refractivity contribution >= 4 is 15.8 Å². The zero-order valence-electron chi connectivity index (χ0n) is 12.1. The molecule has 1 aromatic rings. The molecule has 1 N–H and O–H groups in total. The van der Waals surface area contributed by atoms with Crippen molar-refractivity contribution < 1.29 is 23.1 Å². The lowest BCUT2D eigenvalue weighted by Crippen LogP contribution is -2.43. The van der Waals surface area contributed by atoms with Crippen molar-refractivity contribution in [2.45, 2.75) is 17.9 Å². The molecule has 7 heteroatoms. The fraction of sp³-hybridized carbons (Fsp3) is 0.500. The Morgan fingerprint density at radius 2 is 2.19 bits per heavy atom. The van der Waals surface area contributed by atoms with Crippen LogP contribution in [0.25, 0.3) is 0 Å². The molecule has 0 aliphatic carbocycles. The molecule has 0 bridgehead atoms. The largest absolute Gasteiger partial charge is 0.478 e. The van der Waals surface area contributed by atoms with E-state index in [2.05, 4.69) is 0 Å². The Morgan fingerprint density at radius 3 is 2.81 bits per heavy atom. The predicted octanol–water partition coefficient (Wildman–Crippen LogP) is 0.798. The summed E-state index contributed by atoms with van der Waals surface area (Å²) in [7, 11) is -1.67. The lowest BCUT2D eigenvalue weighted by atomic mass is 10.1. The number of likely N-dealkylation sites (N-methyl/N-ethyl adjacent to an activating group) is 1. The predicted molar refractivity (Wildman–Crippen MR) is 77.4 cm³/mol. The highest BCUT2D eigenvalue weighted by atomic mass is 32.2. The van der Waals surface area contributed by atoms with Gasteiger partial charge in [-0.2, -0.15) is 0 Å². The van der Waals surface area contributed by atoms with Gasteiger partial charge in [0.05, 0.1) is 28.9 Å². The molecule has 1 aliphatic rings. The monoisotopic (exact) mass is 313 g/mol. The van der Waals surface area contributed by atoms with Crippen LogP contribution in [-0.2, 0) is 14.6 Å². The van der Waals surface area contributed by atoms with Gasteiger partial charge < -0.3 is 14.7 Å². The first-order chi connectivity index (χ1) is 9.81. The van der Waals surface area contributed by atoms with Gasteiger partial charge in [-0.15, -0.1) is 0 Å². The number of rotatable bonds is 4. The quantitative estimate of drug-likeness (QED) is 0.885. The van der Waals surface area contributed by atoms with Crippen molar-refractivity contribution in [3.05, 3.63) is 29.3 Å². The smallest absolute Gasteiger partial charge is 0.335 e. The number of carbonyl (C=O) groups is 1. The number of carboxylic acids is 1. The summed E-state index contributed by atoms with van der Waals surface area (Å²) in [5.41, 5.74) is 0.284. The van der Waals surface area contributed by atoms with Crippen molar-refractivity contribution in [1.82, 2.24) is 4.90 Å². The molecule has 0 amide bonds. The number of nitrogens with zero attached hydrogens (tertiary/aromatic N) is 1. The summed E-state index contributed by atoms with van der Waals surface area (Å²) >= 11 is 0. The number of carboxylic acid groups (broad SMARTS) is 1. The van der Waals surface area contributed by atoms with Gasteiger partial charge in [0.25, 0.3) is 0 Å². The van der Waals surface area contributed by atoms with E-state index in [1.54, 1.807) is 0 Å². The van der Waals surface area contributed by atoms with Gasteiger partial charge in [0.1, 0.15) is 0 Å². The van der Waals surface area contributed by atoms with Crippen LogP contribution in [0, 0.1) is 6.92 Å². The minimum atomic E-state index is -3.59. The van der Waals surface area contributed by atoms with E-state index in [0.29, 0.717) is 13.2 Å². The van der Waals surface area contributed by atoms with Crippen LogP contribution >= 0.6 is 0 Å². The van der Waals surface area contributed by atoms with E-state index < -0.39 is 15.8 Å². The third-order valence-corrected chi connectivity index (χ3v) is 5.52. The Balaban J connectivity index is 2.27. The van der Waals surface area contributed by atoms with Crippen molar-refractivity contribution in [1.29, 1.82) is 0 Å². The third-order valence-electron chi connectivity index (χ3n) is 3.60. The number of ether oxygens (including phenoxy) is 1. The van der Waals surface area contributed by atoms with E-state index in [0.717, 1.165) is 6.54 Å². The maximum atomic E-state index is 12.5. The van der Waals surface area contributed by atoms with Crippen LogP contribution in [-0.4, -0.2) is 63.0 Å². The molecule has 1 aliphatic heterocycles. The summed E-state index contributed by atoms with van der Waals surface area (Å²) < 4.78 is 30.5. The maximum Gasteiger partial charge on any atom is 0.335 e. The zero-order chi connectivity index (χ0) is 15.6. The average Bonchev–Trinajstić information content (AvgIpc) is 2.37. The van der Waals surface area contributed by atoms with Gasteiger partial charge >= 0.3 is 5.97 Å². The number of hydrogen-bond acceptors (Lipinski definition) is 5. The molecular weight excluding hydrogens is 294 g/mol. The first-order valence-corrected chi connectivity index (χ1v) is 8.32. The summed E-state index contributed by atoms with van der Waals surface area (Å²) in [6.07, 6.45) is -0.387. The number of morpholine rings is 1. The number of hydrogen-bond donors (Lipinski definition) is 1. The number of aromatic carboxylic acids is 1. The van der Waals surface area contributed by atoms with E-state index in [9.17, 15) is 13.2 Å². The Hall–Kier alpha value is -1.44. The Kier molecular flexibility index (Phi) is 4.65. The fourth-order valence-corrected chi connectivity index (χ4v) is 4.22. The molecule has 1 saturated heterocycles. The van der Waals surface area contributed by atoms with Gasteiger partial charge in [-0.3, -0.25) is 0 Å². The molecular formula is C14H19NO5S. The van der Waals surface area contributed by atoms with Gasteiger partial charge in [0.2, 0.25) is 0 Å². The Morgan fingerprint density at radius 1 is 1.48 bits per heavy atom. The second-order valence-corrected chi connectivity index (χ2v) is 7.27. The minimum Gasteiger partial charge on any atom is -0.478 e. The second kappa shape index (κ2) is 6.13. The summed E-state index contributed by atoms with van der Waals surface area (Å²) in [6, 6.07) is 4.31. The molecule has 0 aromatic heterocycles. The molecule has 1 fully saturated rings. The van der Waals surface area contributed by atoms with E-state index in [-0.39, 0.29) is 27.9 Å². The highest BCUT2D eigenvalue weighted by molar-refractivity contribution is 7.91. The lowest BCUT2D eigenvalue weighted by molar-refractivity contribution is -0.00680. The molecule has 116 valence electrons. The first kappa shape index (κ1) is 15.9. The molecule has 0 spiro atoms. The number of benzene rings is 1. The van der Waals surface area contributed by atoms with Gasteiger partial charge in [-0.25, -0.2) is 13.2 Å². The van der Waals surface area contributed by atoms with E-state index in [1.807, 2.05) is 11.9 Å². The first-order valence-electron chi connectivity index (χ1n) is 6.67. The van der Waals surface area contributed by atoms with Crippen LogP contribution in [0.2, 0.25) is 0 Å². The van der Waals surface area contributed by atoms with E-state index >= 15 is 0 Å².